The summed E-state index contributed by atoms with van der Waals surface area (Å²) < 4.78 is 6.18. The van der Waals surface area contributed by atoms with E-state index in [1.54, 1.807) is 6.07 Å². The molecule has 0 aliphatic carbocycles. The highest BCUT2D eigenvalue weighted by molar-refractivity contribution is 5.96. The van der Waals surface area contributed by atoms with Crippen molar-refractivity contribution in [1.82, 2.24) is 15.5 Å². The van der Waals surface area contributed by atoms with E-state index in [-0.39, 0.29) is 25.0 Å². The summed E-state index contributed by atoms with van der Waals surface area (Å²) in [6, 6.07) is 24.8. The van der Waals surface area contributed by atoms with Crippen molar-refractivity contribution in [3.63, 3.8) is 0 Å². The number of amides is 2. The maximum absolute atomic E-state index is 13.6. The van der Waals surface area contributed by atoms with Crippen LogP contribution in [0.5, 0.6) is 5.75 Å². The van der Waals surface area contributed by atoms with E-state index in [4.69, 9.17) is 4.74 Å². The van der Waals surface area contributed by atoms with Gasteiger partial charge in [-0.2, -0.15) is 0 Å². The second kappa shape index (κ2) is 14.3. The largest absolute Gasteiger partial charge is 0.493 e. The van der Waals surface area contributed by atoms with E-state index in [1.165, 1.54) is 0 Å². The quantitative estimate of drug-likeness (QED) is 0.446. The third kappa shape index (κ3) is 8.16. The Bertz CT molecular complexity index is 1170. The molecule has 4 rings (SSSR count). The summed E-state index contributed by atoms with van der Waals surface area (Å²) in [5, 5.41) is 16.0. The number of aliphatic hydroxyl groups excluding tert-OH is 1. The van der Waals surface area contributed by atoms with Crippen LogP contribution >= 0.6 is 0 Å². The number of carbonyl (C=O) groups excluding carboxylic acids is 2. The minimum absolute atomic E-state index is 0.0345. The standard InChI is InChI=1S/C31H37N3O4/c35-23-26(19-24-11-4-1-5-12-24)33-31(37)27-15-10-16-29-28(27)21-34(20-25-13-6-2-7-14-25)22-30(36)32-17-8-3-9-18-38-29/h1-2,4-7,10-16,26,35H,3,8-9,17-23H2,(H,32,36)(H,33,37)/t26-/m0/s1. The van der Waals surface area contributed by atoms with Crippen molar-refractivity contribution in [3.05, 3.63) is 101 Å². The molecule has 0 fully saturated rings. The molecule has 1 heterocycles. The molecule has 7 nitrogen and oxygen atoms in total. The summed E-state index contributed by atoms with van der Waals surface area (Å²) in [6.45, 7) is 2.13. The summed E-state index contributed by atoms with van der Waals surface area (Å²) in [5.41, 5.74) is 3.35. The Morgan fingerprint density at radius 2 is 1.66 bits per heavy atom. The first kappa shape index (κ1) is 27.4. The van der Waals surface area contributed by atoms with Gasteiger partial charge in [0.25, 0.3) is 5.91 Å². The number of hydrogen-bond acceptors (Lipinski definition) is 5. The number of hydrogen-bond donors (Lipinski definition) is 3. The maximum atomic E-state index is 13.6. The van der Waals surface area contributed by atoms with Crippen molar-refractivity contribution >= 4 is 11.8 Å². The van der Waals surface area contributed by atoms with Crippen LogP contribution in [0.1, 0.15) is 46.3 Å². The highest BCUT2D eigenvalue weighted by atomic mass is 16.5. The van der Waals surface area contributed by atoms with Gasteiger partial charge >= 0.3 is 0 Å². The van der Waals surface area contributed by atoms with Gasteiger partial charge in [-0.1, -0.05) is 66.7 Å². The monoisotopic (exact) mass is 515 g/mol. The van der Waals surface area contributed by atoms with E-state index in [2.05, 4.69) is 10.6 Å². The lowest BCUT2D eigenvalue weighted by molar-refractivity contribution is -0.122. The Morgan fingerprint density at radius 3 is 2.39 bits per heavy atom. The van der Waals surface area contributed by atoms with Gasteiger partial charge in [-0.05, 0) is 48.9 Å². The van der Waals surface area contributed by atoms with Crippen molar-refractivity contribution in [3.8, 4) is 5.75 Å². The molecule has 0 radical (unpaired) electrons. The van der Waals surface area contributed by atoms with Crippen LogP contribution in [-0.4, -0.2) is 54.2 Å². The minimum Gasteiger partial charge on any atom is -0.493 e. The number of aliphatic hydroxyl groups is 1. The van der Waals surface area contributed by atoms with Gasteiger partial charge in [0.15, 0.2) is 0 Å². The van der Waals surface area contributed by atoms with Gasteiger partial charge < -0.3 is 20.5 Å². The van der Waals surface area contributed by atoms with Crippen LogP contribution in [0.3, 0.4) is 0 Å². The third-order valence-corrected chi connectivity index (χ3v) is 6.66. The number of benzene rings is 3. The van der Waals surface area contributed by atoms with Gasteiger partial charge in [-0.3, -0.25) is 14.5 Å². The van der Waals surface area contributed by atoms with E-state index >= 15 is 0 Å². The molecule has 0 aromatic heterocycles. The molecule has 1 aliphatic rings. The average molecular weight is 516 g/mol. The first-order chi connectivity index (χ1) is 18.6. The maximum Gasteiger partial charge on any atom is 0.252 e. The Balaban J connectivity index is 1.61. The Labute approximate surface area is 224 Å². The van der Waals surface area contributed by atoms with Gasteiger partial charge in [-0.25, -0.2) is 0 Å². The van der Waals surface area contributed by atoms with Gasteiger partial charge in [-0.15, -0.1) is 0 Å². The fraction of sp³-hybridized carbons (Fsp3) is 0.355. The van der Waals surface area contributed by atoms with E-state index in [0.717, 1.165) is 36.0 Å². The Morgan fingerprint density at radius 1 is 0.921 bits per heavy atom. The van der Waals surface area contributed by atoms with E-state index in [1.807, 2.05) is 77.7 Å². The van der Waals surface area contributed by atoms with Crippen LogP contribution in [0.25, 0.3) is 0 Å². The molecule has 1 aliphatic heterocycles. The molecule has 3 N–H and O–H groups in total. The predicted octanol–water partition coefficient (Wildman–Crippen LogP) is 3.70. The summed E-state index contributed by atoms with van der Waals surface area (Å²) in [7, 11) is 0. The lowest BCUT2D eigenvalue weighted by Gasteiger charge is -2.25. The highest BCUT2D eigenvalue weighted by Gasteiger charge is 2.22. The SMILES string of the molecule is O=C1CN(Cc2ccccc2)Cc2c(cccc2C(=O)N[C@H](CO)Cc2ccccc2)OCCCCCN1. The van der Waals surface area contributed by atoms with E-state index < -0.39 is 6.04 Å². The predicted molar refractivity (Wildman–Crippen MR) is 148 cm³/mol. The molecule has 38 heavy (non-hydrogen) atoms. The smallest absolute Gasteiger partial charge is 0.252 e. The molecule has 200 valence electrons. The summed E-state index contributed by atoms with van der Waals surface area (Å²) in [6.07, 6.45) is 3.23. The molecule has 0 saturated carbocycles. The van der Waals surface area contributed by atoms with Gasteiger partial charge in [0.1, 0.15) is 5.75 Å². The van der Waals surface area contributed by atoms with Crippen molar-refractivity contribution in [2.45, 2.75) is 44.8 Å². The average Bonchev–Trinajstić information content (AvgIpc) is 2.94. The van der Waals surface area contributed by atoms with Crippen molar-refractivity contribution < 1.29 is 19.4 Å². The van der Waals surface area contributed by atoms with Crippen LogP contribution in [0.2, 0.25) is 0 Å². The fourth-order valence-electron chi connectivity index (χ4n) is 4.71. The number of nitrogens with one attached hydrogen (secondary N) is 2. The van der Waals surface area contributed by atoms with Crippen LogP contribution in [0.15, 0.2) is 78.9 Å². The molecule has 2 amide bonds. The zero-order valence-electron chi connectivity index (χ0n) is 21.8. The zero-order valence-corrected chi connectivity index (χ0v) is 21.8. The molecule has 0 saturated heterocycles. The minimum atomic E-state index is -0.428. The first-order valence-corrected chi connectivity index (χ1v) is 13.4. The summed E-state index contributed by atoms with van der Waals surface area (Å²) in [5.74, 6) is 0.348. The molecule has 0 unspecified atom stereocenters. The third-order valence-electron chi connectivity index (χ3n) is 6.66. The topological polar surface area (TPSA) is 90.9 Å². The van der Waals surface area contributed by atoms with Gasteiger partial charge in [0.2, 0.25) is 5.91 Å². The summed E-state index contributed by atoms with van der Waals surface area (Å²) in [4.78, 5) is 28.4. The Hall–Kier alpha value is -3.68. The van der Waals surface area contributed by atoms with Gasteiger partial charge in [0, 0.05) is 30.8 Å². The van der Waals surface area contributed by atoms with Crippen LogP contribution < -0.4 is 15.4 Å². The highest BCUT2D eigenvalue weighted by Crippen LogP contribution is 2.26. The number of fused-ring (bicyclic) bond motifs is 1. The van der Waals surface area contributed by atoms with Crippen molar-refractivity contribution in [2.24, 2.45) is 0 Å². The number of rotatable bonds is 7. The molecule has 3 aromatic carbocycles. The van der Waals surface area contributed by atoms with Crippen LogP contribution in [-0.2, 0) is 24.3 Å². The molecule has 7 heteroatoms. The molecule has 3 aromatic rings. The Kier molecular flexibility index (Phi) is 10.3. The lowest BCUT2D eigenvalue weighted by atomic mass is 10.0. The van der Waals surface area contributed by atoms with Crippen molar-refractivity contribution in [2.75, 3.05) is 26.3 Å². The number of ether oxygens (including phenoxy) is 1. The molecule has 1 atom stereocenters. The van der Waals surface area contributed by atoms with Gasteiger partial charge in [0.05, 0.1) is 25.8 Å². The van der Waals surface area contributed by atoms with Crippen LogP contribution in [0, 0.1) is 0 Å². The zero-order chi connectivity index (χ0) is 26.6. The van der Waals surface area contributed by atoms with E-state index in [9.17, 15) is 14.7 Å². The molecule has 0 spiro atoms. The molecule has 0 bridgehead atoms. The lowest BCUT2D eigenvalue weighted by Crippen LogP contribution is -2.40. The normalized spacial score (nSPS) is 16.0. The number of nitrogens with zero attached hydrogens (tertiary/aromatic N) is 1. The summed E-state index contributed by atoms with van der Waals surface area (Å²) >= 11 is 0. The molecular formula is C31H37N3O4. The van der Waals surface area contributed by atoms with Crippen LogP contribution in [0.4, 0.5) is 0 Å². The number of carbonyl (C=O) groups is 2. The fourth-order valence-corrected chi connectivity index (χ4v) is 4.71. The molecular weight excluding hydrogens is 478 g/mol. The second-order valence-electron chi connectivity index (χ2n) is 9.71. The van der Waals surface area contributed by atoms with Crippen molar-refractivity contribution in [1.29, 1.82) is 0 Å². The second-order valence-corrected chi connectivity index (χ2v) is 9.71. The van der Waals surface area contributed by atoms with E-state index in [0.29, 0.717) is 44.0 Å². The first-order valence-electron chi connectivity index (χ1n) is 13.4.